The summed E-state index contributed by atoms with van der Waals surface area (Å²) in [4.78, 5) is 2.53. The molecule has 1 N–H and O–H groups in total. The summed E-state index contributed by atoms with van der Waals surface area (Å²) < 4.78 is 2.32. The number of nitrogens with one attached hydrogen (secondary N) is 1. The van der Waals surface area contributed by atoms with E-state index in [4.69, 9.17) is 0 Å². The van der Waals surface area contributed by atoms with Gasteiger partial charge in [0.15, 0.2) is 0 Å². The number of nitrogens with zero attached hydrogens (tertiary/aromatic N) is 1. The lowest BCUT2D eigenvalue weighted by molar-refractivity contribution is 0.257. The fourth-order valence-electron chi connectivity index (χ4n) is 3.59. The molecule has 0 aromatic heterocycles. The number of rotatable bonds is 2. The SMILES string of the molecule is Brc1ccc(N2CCNC(C3CCCCC3)C2)c(Br)c1. The van der Waals surface area contributed by atoms with E-state index in [1.165, 1.54) is 42.3 Å². The van der Waals surface area contributed by atoms with Crippen LogP contribution in [0.2, 0.25) is 0 Å². The second-order valence-corrected chi connectivity index (χ2v) is 7.77. The number of hydrogen-bond acceptors (Lipinski definition) is 2. The monoisotopic (exact) mass is 400 g/mol. The third kappa shape index (κ3) is 3.40. The Hall–Kier alpha value is -0.0600. The van der Waals surface area contributed by atoms with Crippen molar-refractivity contribution in [2.24, 2.45) is 5.92 Å². The van der Waals surface area contributed by atoms with Crippen molar-refractivity contribution < 1.29 is 0 Å². The van der Waals surface area contributed by atoms with E-state index in [-0.39, 0.29) is 0 Å². The van der Waals surface area contributed by atoms with Gasteiger partial charge in [-0.1, -0.05) is 35.2 Å². The van der Waals surface area contributed by atoms with Crippen LogP contribution in [0.4, 0.5) is 5.69 Å². The number of halogens is 2. The van der Waals surface area contributed by atoms with Crippen molar-refractivity contribution in [3.63, 3.8) is 0 Å². The minimum atomic E-state index is 0.666. The molecule has 0 spiro atoms. The van der Waals surface area contributed by atoms with Crippen molar-refractivity contribution in [1.29, 1.82) is 0 Å². The zero-order chi connectivity index (χ0) is 13.9. The molecule has 20 heavy (non-hydrogen) atoms. The molecule has 0 bridgehead atoms. The van der Waals surface area contributed by atoms with Gasteiger partial charge in [-0.25, -0.2) is 0 Å². The van der Waals surface area contributed by atoms with E-state index >= 15 is 0 Å². The van der Waals surface area contributed by atoms with E-state index in [0.717, 1.165) is 30.0 Å². The van der Waals surface area contributed by atoms with Gasteiger partial charge in [0.1, 0.15) is 0 Å². The maximum Gasteiger partial charge on any atom is 0.0512 e. The normalized spacial score (nSPS) is 24.9. The van der Waals surface area contributed by atoms with Crippen molar-refractivity contribution in [3.8, 4) is 0 Å². The first-order valence-electron chi connectivity index (χ1n) is 7.67. The molecule has 0 amide bonds. The molecule has 1 aliphatic heterocycles. The highest BCUT2D eigenvalue weighted by Crippen LogP contribution is 2.32. The third-order valence-corrected chi connectivity index (χ3v) is 5.80. The minimum Gasteiger partial charge on any atom is -0.368 e. The van der Waals surface area contributed by atoms with Gasteiger partial charge in [-0.3, -0.25) is 0 Å². The smallest absolute Gasteiger partial charge is 0.0512 e. The molecule has 1 unspecified atom stereocenters. The van der Waals surface area contributed by atoms with Gasteiger partial charge < -0.3 is 10.2 Å². The summed E-state index contributed by atoms with van der Waals surface area (Å²) in [6.07, 6.45) is 7.10. The van der Waals surface area contributed by atoms with Crippen LogP contribution in [0.1, 0.15) is 32.1 Å². The highest BCUT2D eigenvalue weighted by Gasteiger charge is 2.28. The van der Waals surface area contributed by atoms with Gasteiger partial charge in [0.25, 0.3) is 0 Å². The lowest BCUT2D eigenvalue weighted by atomic mass is 9.83. The van der Waals surface area contributed by atoms with E-state index < -0.39 is 0 Å². The van der Waals surface area contributed by atoms with Crippen molar-refractivity contribution in [2.45, 2.75) is 38.1 Å². The number of hydrogen-bond donors (Lipinski definition) is 1. The number of piperazine rings is 1. The van der Waals surface area contributed by atoms with Gasteiger partial charge in [-0.05, 0) is 52.9 Å². The molecule has 2 nitrogen and oxygen atoms in total. The highest BCUT2D eigenvalue weighted by atomic mass is 79.9. The Bertz CT molecular complexity index is 458. The van der Waals surface area contributed by atoms with E-state index in [1.807, 2.05) is 0 Å². The summed E-state index contributed by atoms with van der Waals surface area (Å²) in [5.41, 5.74) is 1.33. The molecule has 110 valence electrons. The Morgan fingerprint density at radius 3 is 2.65 bits per heavy atom. The molecule has 1 saturated heterocycles. The molecular formula is C16H22Br2N2. The number of anilines is 1. The average molecular weight is 402 g/mol. The molecule has 2 fully saturated rings. The van der Waals surface area contributed by atoms with Crippen molar-refractivity contribution >= 4 is 37.5 Å². The Morgan fingerprint density at radius 1 is 1.10 bits per heavy atom. The Labute approximate surface area is 138 Å². The van der Waals surface area contributed by atoms with Gasteiger partial charge in [0, 0.05) is 34.6 Å². The summed E-state index contributed by atoms with van der Waals surface area (Å²) in [5.74, 6) is 0.876. The summed E-state index contributed by atoms with van der Waals surface area (Å²) in [6, 6.07) is 7.17. The van der Waals surface area contributed by atoms with Crippen molar-refractivity contribution in [1.82, 2.24) is 5.32 Å². The second-order valence-electron chi connectivity index (χ2n) is 6.00. The predicted octanol–water partition coefficient (Wildman–Crippen LogP) is 4.57. The van der Waals surface area contributed by atoms with Crippen LogP contribution in [0, 0.1) is 5.92 Å². The lowest BCUT2D eigenvalue weighted by Crippen LogP contribution is -2.54. The predicted molar refractivity (Wildman–Crippen MR) is 92.4 cm³/mol. The van der Waals surface area contributed by atoms with Crippen LogP contribution in [0.15, 0.2) is 27.1 Å². The number of benzene rings is 1. The van der Waals surface area contributed by atoms with Gasteiger partial charge in [0.05, 0.1) is 5.69 Å². The molecule has 1 aromatic carbocycles. The fourth-order valence-corrected chi connectivity index (χ4v) is 4.88. The molecule has 1 aliphatic carbocycles. The summed E-state index contributed by atoms with van der Waals surface area (Å²) >= 11 is 7.24. The van der Waals surface area contributed by atoms with Crippen LogP contribution < -0.4 is 10.2 Å². The Kier molecular flexibility index (Phi) is 5.05. The van der Waals surface area contributed by atoms with Crippen LogP contribution in [0.25, 0.3) is 0 Å². The molecule has 1 aromatic rings. The van der Waals surface area contributed by atoms with Crippen LogP contribution in [0.5, 0.6) is 0 Å². The molecule has 1 heterocycles. The lowest BCUT2D eigenvalue weighted by Gasteiger charge is -2.40. The standard InChI is InChI=1S/C16H22Br2N2/c17-13-6-7-16(14(18)10-13)20-9-8-19-15(11-20)12-4-2-1-3-5-12/h6-7,10,12,15,19H,1-5,8-9,11H2. The third-order valence-electron chi connectivity index (χ3n) is 4.67. The van der Waals surface area contributed by atoms with E-state index in [9.17, 15) is 0 Å². The molecule has 4 heteroatoms. The fraction of sp³-hybridized carbons (Fsp3) is 0.625. The topological polar surface area (TPSA) is 15.3 Å². The van der Waals surface area contributed by atoms with Gasteiger partial charge in [0.2, 0.25) is 0 Å². The van der Waals surface area contributed by atoms with Crippen LogP contribution in [0.3, 0.4) is 0 Å². The van der Waals surface area contributed by atoms with Gasteiger partial charge in [-0.15, -0.1) is 0 Å². The summed E-state index contributed by atoms with van der Waals surface area (Å²) in [6.45, 7) is 3.35. The van der Waals surface area contributed by atoms with E-state index in [1.54, 1.807) is 0 Å². The summed E-state index contributed by atoms with van der Waals surface area (Å²) in [5, 5.41) is 3.75. The molecule has 1 atom stereocenters. The van der Waals surface area contributed by atoms with Crippen LogP contribution >= 0.6 is 31.9 Å². The highest BCUT2D eigenvalue weighted by molar-refractivity contribution is 9.11. The minimum absolute atomic E-state index is 0.666. The van der Waals surface area contributed by atoms with E-state index in [2.05, 4.69) is 60.3 Å². The van der Waals surface area contributed by atoms with Crippen molar-refractivity contribution in [3.05, 3.63) is 27.1 Å². The zero-order valence-corrected chi connectivity index (χ0v) is 14.9. The van der Waals surface area contributed by atoms with Crippen LogP contribution in [-0.2, 0) is 0 Å². The van der Waals surface area contributed by atoms with Gasteiger partial charge in [-0.2, -0.15) is 0 Å². The Balaban J connectivity index is 1.71. The van der Waals surface area contributed by atoms with Crippen LogP contribution in [-0.4, -0.2) is 25.7 Å². The van der Waals surface area contributed by atoms with E-state index in [0.29, 0.717) is 6.04 Å². The molecular weight excluding hydrogens is 380 g/mol. The molecule has 0 radical (unpaired) electrons. The zero-order valence-electron chi connectivity index (χ0n) is 11.7. The maximum absolute atomic E-state index is 3.75. The first-order valence-corrected chi connectivity index (χ1v) is 9.26. The maximum atomic E-state index is 3.75. The summed E-state index contributed by atoms with van der Waals surface area (Å²) in [7, 11) is 0. The Morgan fingerprint density at radius 2 is 1.90 bits per heavy atom. The average Bonchev–Trinajstić information content (AvgIpc) is 2.48. The first kappa shape index (κ1) is 14.9. The molecule has 3 rings (SSSR count). The second kappa shape index (κ2) is 6.80. The first-order chi connectivity index (χ1) is 9.74. The molecule has 2 aliphatic rings. The quantitative estimate of drug-likeness (QED) is 0.780. The van der Waals surface area contributed by atoms with Gasteiger partial charge >= 0.3 is 0 Å². The largest absolute Gasteiger partial charge is 0.368 e. The van der Waals surface area contributed by atoms with Crippen molar-refractivity contribution in [2.75, 3.05) is 24.5 Å². The molecule has 1 saturated carbocycles.